The first-order valence-electron chi connectivity index (χ1n) is 8.53. The predicted molar refractivity (Wildman–Crippen MR) is 87.8 cm³/mol. The van der Waals surface area contributed by atoms with E-state index in [-0.39, 0.29) is 5.60 Å². The van der Waals surface area contributed by atoms with Gasteiger partial charge in [-0.15, -0.1) is 0 Å². The van der Waals surface area contributed by atoms with E-state index < -0.39 is 0 Å². The lowest BCUT2D eigenvalue weighted by molar-refractivity contribution is 0.0283. The number of aliphatic imine (C=N–C) groups is 1. The Kier molecular flexibility index (Phi) is 6.30. The van der Waals surface area contributed by atoms with Crippen LogP contribution in [0, 0.1) is 5.92 Å². The number of rotatable bonds is 6. The second-order valence-corrected chi connectivity index (χ2v) is 6.53. The van der Waals surface area contributed by atoms with Gasteiger partial charge in [0, 0.05) is 26.2 Å². The minimum absolute atomic E-state index is 0.0608. The average Bonchev–Trinajstić information content (AvgIpc) is 3.11. The average molecular weight is 296 g/mol. The van der Waals surface area contributed by atoms with Gasteiger partial charge in [0.2, 0.25) is 0 Å². The van der Waals surface area contributed by atoms with E-state index in [1.165, 1.54) is 26.1 Å². The van der Waals surface area contributed by atoms with E-state index in [0.29, 0.717) is 0 Å². The molecule has 2 saturated heterocycles. The molecule has 2 heterocycles. The molecular formula is C16H32N4O. The van der Waals surface area contributed by atoms with Crippen molar-refractivity contribution in [2.75, 3.05) is 45.9 Å². The fourth-order valence-electron chi connectivity index (χ4n) is 3.16. The van der Waals surface area contributed by atoms with Crippen molar-refractivity contribution >= 4 is 5.96 Å². The highest BCUT2D eigenvalue weighted by molar-refractivity contribution is 5.79. The summed E-state index contributed by atoms with van der Waals surface area (Å²) in [6.45, 7) is 13.7. The van der Waals surface area contributed by atoms with Crippen LogP contribution < -0.4 is 10.6 Å². The lowest BCUT2D eigenvalue weighted by Gasteiger charge is -2.22. The minimum atomic E-state index is -0.0608. The third-order valence-corrected chi connectivity index (χ3v) is 4.59. The molecule has 5 nitrogen and oxygen atoms in total. The molecule has 2 aliphatic heterocycles. The van der Waals surface area contributed by atoms with Crippen LogP contribution in [0.3, 0.4) is 0 Å². The molecule has 2 aliphatic rings. The fourth-order valence-corrected chi connectivity index (χ4v) is 3.16. The summed E-state index contributed by atoms with van der Waals surface area (Å²) >= 11 is 0. The van der Waals surface area contributed by atoms with Crippen LogP contribution in [-0.2, 0) is 4.74 Å². The molecule has 0 aliphatic carbocycles. The van der Waals surface area contributed by atoms with E-state index in [1.807, 2.05) is 0 Å². The SMILES string of the molecule is CCNC(=NCC1(C)CCCO1)NCC1CCN(CC)C1. The van der Waals surface area contributed by atoms with Gasteiger partial charge in [-0.25, -0.2) is 0 Å². The highest BCUT2D eigenvalue weighted by atomic mass is 16.5. The maximum absolute atomic E-state index is 5.81. The highest BCUT2D eigenvalue weighted by Gasteiger charge is 2.29. The van der Waals surface area contributed by atoms with Crippen molar-refractivity contribution in [3.63, 3.8) is 0 Å². The van der Waals surface area contributed by atoms with Crippen molar-refractivity contribution in [1.82, 2.24) is 15.5 Å². The van der Waals surface area contributed by atoms with Crippen molar-refractivity contribution in [2.24, 2.45) is 10.9 Å². The quantitative estimate of drug-likeness (QED) is 0.575. The zero-order valence-electron chi connectivity index (χ0n) is 14.0. The van der Waals surface area contributed by atoms with Gasteiger partial charge in [0.25, 0.3) is 0 Å². The normalized spacial score (nSPS) is 30.8. The molecule has 0 bridgehead atoms. The first-order valence-corrected chi connectivity index (χ1v) is 8.53. The molecule has 2 N–H and O–H groups in total. The molecule has 122 valence electrons. The van der Waals surface area contributed by atoms with Crippen LogP contribution in [0.5, 0.6) is 0 Å². The van der Waals surface area contributed by atoms with Crippen LogP contribution in [-0.4, -0.2) is 62.3 Å². The summed E-state index contributed by atoms with van der Waals surface area (Å²) in [7, 11) is 0. The molecule has 0 aromatic rings. The van der Waals surface area contributed by atoms with Crippen LogP contribution in [0.4, 0.5) is 0 Å². The van der Waals surface area contributed by atoms with Crippen molar-refractivity contribution in [3.8, 4) is 0 Å². The van der Waals surface area contributed by atoms with Crippen LogP contribution in [0.1, 0.15) is 40.0 Å². The third-order valence-electron chi connectivity index (χ3n) is 4.59. The lowest BCUT2D eigenvalue weighted by Crippen LogP contribution is -2.41. The number of hydrogen-bond donors (Lipinski definition) is 2. The molecule has 2 fully saturated rings. The van der Waals surface area contributed by atoms with Crippen LogP contribution >= 0.6 is 0 Å². The summed E-state index contributed by atoms with van der Waals surface area (Å²) in [5, 5.41) is 6.85. The van der Waals surface area contributed by atoms with Gasteiger partial charge in [0.1, 0.15) is 0 Å². The molecule has 0 saturated carbocycles. The largest absolute Gasteiger partial charge is 0.373 e. The zero-order valence-corrected chi connectivity index (χ0v) is 14.0. The fraction of sp³-hybridized carbons (Fsp3) is 0.938. The Hall–Kier alpha value is -0.810. The van der Waals surface area contributed by atoms with E-state index in [2.05, 4.69) is 36.3 Å². The molecular weight excluding hydrogens is 264 g/mol. The third kappa shape index (κ3) is 5.15. The summed E-state index contributed by atoms with van der Waals surface area (Å²) in [6.07, 6.45) is 3.57. The topological polar surface area (TPSA) is 48.9 Å². The van der Waals surface area contributed by atoms with Gasteiger partial charge in [0.15, 0.2) is 5.96 Å². The minimum Gasteiger partial charge on any atom is -0.373 e. The van der Waals surface area contributed by atoms with Crippen molar-refractivity contribution in [2.45, 2.75) is 45.6 Å². The molecule has 0 amide bonds. The number of nitrogens with zero attached hydrogens (tertiary/aromatic N) is 2. The van der Waals surface area contributed by atoms with E-state index in [4.69, 9.17) is 9.73 Å². The Labute approximate surface area is 129 Å². The van der Waals surface area contributed by atoms with Gasteiger partial charge in [-0.2, -0.15) is 0 Å². The van der Waals surface area contributed by atoms with Crippen molar-refractivity contribution < 1.29 is 4.74 Å². The molecule has 5 heteroatoms. The second kappa shape index (κ2) is 7.99. The van der Waals surface area contributed by atoms with Crippen LogP contribution in [0.25, 0.3) is 0 Å². The first-order chi connectivity index (χ1) is 10.1. The van der Waals surface area contributed by atoms with Crippen molar-refractivity contribution in [1.29, 1.82) is 0 Å². The number of guanidine groups is 1. The summed E-state index contributed by atoms with van der Waals surface area (Å²) in [6, 6.07) is 0. The smallest absolute Gasteiger partial charge is 0.191 e. The molecule has 2 unspecified atom stereocenters. The van der Waals surface area contributed by atoms with E-state index >= 15 is 0 Å². The molecule has 21 heavy (non-hydrogen) atoms. The van der Waals surface area contributed by atoms with Gasteiger partial charge in [-0.3, -0.25) is 4.99 Å². The first kappa shape index (κ1) is 16.6. The lowest BCUT2D eigenvalue weighted by atomic mass is 10.0. The standard InChI is InChI=1S/C16H32N4O/c1-4-17-15(19-13-16(3)8-6-10-21-16)18-11-14-7-9-20(5-2)12-14/h14H,4-13H2,1-3H3,(H2,17,18,19). The zero-order chi connectivity index (χ0) is 15.1. The molecule has 0 aromatic carbocycles. The van der Waals surface area contributed by atoms with Gasteiger partial charge in [-0.05, 0) is 52.1 Å². The Morgan fingerprint density at radius 3 is 2.86 bits per heavy atom. The molecule has 0 spiro atoms. The maximum atomic E-state index is 5.81. The molecule has 2 rings (SSSR count). The van der Waals surface area contributed by atoms with E-state index in [0.717, 1.165) is 51.0 Å². The maximum Gasteiger partial charge on any atom is 0.191 e. The molecule has 2 atom stereocenters. The van der Waals surface area contributed by atoms with Crippen LogP contribution in [0.2, 0.25) is 0 Å². The van der Waals surface area contributed by atoms with Gasteiger partial charge in [-0.1, -0.05) is 6.92 Å². The van der Waals surface area contributed by atoms with E-state index in [1.54, 1.807) is 0 Å². The van der Waals surface area contributed by atoms with Crippen LogP contribution in [0.15, 0.2) is 4.99 Å². The number of likely N-dealkylation sites (tertiary alicyclic amines) is 1. The number of hydrogen-bond acceptors (Lipinski definition) is 3. The Morgan fingerprint density at radius 1 is 1.38 bits per heavy atom. The van der Waals surface area contributed by atoms with Crippen molar-refractivity contribution in [3.05, 3.63) is 0 Å². The highest BCUT2D eigenvalue weighted by Crippen LogP contribution is 2.25. The number of ether oxygens (including phenoxy) is 1. The van der Waals surface area contributed by atoms with E-state index in [9.17, 15) is 0 Å². The predicted octanol–water partition coefficient (Wildman–Crippen LogP) is 1.45. The summed E-state index contributed by atoms with van der Waals surface area (Å²) in [4.78, 5) is 7.24. The Bertz CT molecular complexity index is 339. The molecule has 0 aromatic heterocycles. The van der Waals surface area contributed by atoms with Gasteiger partial charge < -0.3 is 20.3 Å². The second-order valence-electron chi connectivity index (χ2n) is 6.53. The monoisotopic (exact) mass is 296 g/mol. The molecule has 0 radical (unpaired) electrons. The summed E-state index contributed by atoms with van der Waals surface area (Å²) in [5.41, 5.74) is -0.0608. The Morgan fingerprint density at radius 2 is 2.24 bits per heavy atom. The summed E-state index contributed by atoms with van der Waals surface area (Å²) in [5.74, 6) is 1.68. The summed E-state index contributed by atoms with van der Waals surface area (Å²) < 4.78 is 5.81. The van der Waals surface area contributed by atoms with Gasteiger partial charge in [0.05, 0.1) is 12.1 Å². The Balaban J connectivity index is 1.78. The number of nitrogens with one attached hydrogen (secondary N) is 2. The van der Waals surface area contributed by atoms with Gasteiger partial charge >= 0.3 is 0 Å².